The third-order valence-corrected chi connectivity index (χ3v) is 3.94. The molecule has 1 fully saturated rings. The minimum Gasteiger partial charge on any atom is -0.350 e. The molecular formula is C14H18ClFN2O. The summed E-state index contributed by atoms with van der Waals surface area (Å²) in [6.45, 7) is 0.427. The smallest absolute Gasteiger partial charge is 0.251 e. The summed E-state index contributed by atoms with van der Waals surface area (Å²) in [4.78, 5) is 11.9. The summed E-state index contributed by atoms with van der Waals surface area (Å²) in [6.07, 6.45) is 5.24. The molecule has 0 unspecified atom stereocenters. The molecule has 0 radical (unpaired) electrons. The Morgan fingerprint density at radius 2 is 2.05 bits per heavy atom. The van der Waals surface area contributed by atoms with Crippen molar-refractivity contribution in [3.8, 4) is 0 Å². The largest absolute Gasteiger partial charge is 0.350 e. The van der Waals surface area contributed by atoms with E-state index >= 15 is 0 Å². The van der Waals surface area contributed by atoms with Crippen LogP contribution < -0.4 is 11.1 Å². The minimum atomic E-state index is -0.588. The highest BCUT2D eigenvalue weighted by molar-refractivity contribution is 6.30. The number of carbonyl (C=O) groups is 1. The van der Waals surface area contributed by atoms with E-state index in [9.17, 15) is 9.18 Å². The van der Waals surface area contributed by atoms with Crippen molar-refractivity contribution in [2.45, 2.75) is 37.6 Å². The maximum atomic E-state index is 13.3. The molecule has 1 aliphatic carbocycles. The number of nitrogens with two attached hydrogens (primary N) is 1. The van der Waals surface area contributed by atoms with Gasteiger partial charge in [-0.05, 0) is 31.0 Å². The number of halogens is 2. The fourth-order valence-corrected chi connectivity index (χ4v) is 2.55. The maximum Gasteiger partial charge on any atom is 0.251 e. The van der Waals surface area contributed by atoms with Crippen LogP contribution in [0.4, 0.5) is 4.39 Å². The molecule has 1 aromatic rings. The zero-order valence-corrected chi connectivity index (χ0v) is 11.5. The van der Waals surface area contributed by atoms with E-state index in [0.717, 1.165) is 31.7 Å². The van der Waals surface area contributed by atoms with Crippen molar-refractivity contribution < 1.29 is 9.18 Å². The Hall–Kier alpha value is -1.13. The maximum absolute atomic E-state index is 13.3. The molecule has 2 rings (SSSR count). The Bertz CT molecular complexity index is 473. The first kappa shape index (κ1) is 14.3. The van der Waals surface area contributed by atoms with Gasteiger partial charge < -0.3 is 11.1 Å². The molecule has 0 spiro atoms. The summed E-state index contributed by atoms with van der Waals surface area (Å²) in [5.74, 6) is -0.902. The minimum absolute atomic E-state index is 0.0131. The lowest BCUT2D eigenvalue weighted by Crippen LogP contribution is -2.51. The van der Waals surface area contributed by atoms with Gasteiger partial charge in [0.2, 0.25) is 0 Å². The van der Waals surface area contributed by atoms with Gasteiger partial charge in [-0.3, -0.25) is 4.79 Å². The second kappa shape index (κ2) is 5.88. The summed E-state index contributed by atoms with van der Waals surface area (Å²) in [5.41, 5.74) is 6.17. The standard InChI is InChI=1S/C14H18ClFN2O/c15-11-5-4-10(8-12(11)16)13(19)18-9-14(17)6-2-1-3-7-14/h4-5,8H,1-3,6-7,9,17H2,(H,18,19). The van der Waals surface area contributed by atoms with Crippen LogP contribution in [-0.4, -0.2) is 18.0 Å². The lowest BCUT2D eigenvalue weighted by molar-refractivity contribution is 0.0937. The van der Waals surface area contributed by atoms with Gasteiger partial charge in [-0.15, -0.1) is 0 Å². The summed E-state index contributed by atoms with van der Waals surface area (Å²) in [7, 11) is 0. The average Bonchev–Trinajstić information content (AvgIpc) is 2.40. The lowest BCUT2D eigenvalue weighted by Gasteiger charge is -2.33. The molecule has 0 saturated heterocycles. The fourth-order valence-electron chi connectivity index (χ4n) is 2.43. The van der Waals surface area contributed by atoms with Gasteiger partial charge >= 0.3 is 0 Å². The number of benzene rings is 1. The highest BCUT2D eigenvalue weighted by Gasteiger charge is 2.27. The van der Waals surface area contributed by atoms with E-state index in [4.69, 9.17) is 17.3 Å². The first-order chi connectivity index (χ1) is 9.00. The van der Waals surface area contributed by atoms with Gasteiger partial charge in [-0.1, -0.05) is 30.9 Å². The third-order valence-electron chi connectivity index (χ3n) is 3.63. The van der Waals surface area contributed by atoms with Crippen molar-refractivity contribution in [2.75, 3.05) is 6.54 Å². The van der Waals surface area contributed by atoms with Gasteiger partial charge in [-0.2, -0.15) is 0 Å². The summed E-state index contributed by atoms with van der Waals surface area (Å²) >= 11 is 5.58. The Labute approximate surface area is 117 Å². The number of hydrogen-bond donors (Lipinski definition) is 2. The molecular weight excluding hydrogens is 267 g/mol. The van der Waals surface area contributed by atoms with Crippen molar-refractivity contribution in [1.82, 2.24) is 5.32 Å². The summed E-state index contributed by atoms with van der Waals surface area (Å²) in [5, 5.41) is 2.80. The lowest BCUT2D eigenvalue weighted by atomic mass is 9.82. The zero-order valence-electron chi connectivity index (χ0n) is 10.7. The van der Waals surface area contributed by atoms with E-state index in [1.807, 2.05) is 0 Å². The van der Waals surface area contributed by atoms with Gasteiger partial charge in [0.25, 0.3) is 5.91 Å². The van der Waals surface area contributed by atoms with Crippen molar-refractivity contribution in [3.05, 3.63) is 34.6 Å². The Balaban J connectivity index is 1.95. The monoisotopic (exact) mass is 284 g/mol. The highest BCUT2D eigenvalue weighted by Crippen LogP contribution is 2.25. The van der Waals surface area contributed by atoms with Gasteiger partial charge in [-0.25, -0.2) is 4.39 Å². The molecule has 0 heterocycles. The number of amides is 1. The van der Waals surface area contributed by atoms with Gasteiger partial charge in [0.1, 0.15) is 5.82 Å². The van der Waals surface area contributed by atoms with Crippen molar-refractivity contribution in [1.29, 1.82) is 0 Å². The topological polar surface area (TPSA) is 55.1 Å². The molecule has 5 heteroatoms. The van der Waals surface area contributed by atoms with Crippen molar-refractivity contribution in [2.24, 2.45) is 5.73 Å². The van der Waals surface area contributed by atoms with E-state index in [1.54, 1.807) is 0 Å². The third kappa shape index (κ3) is 3.67. The van der Waals surface area contributed by atoms with E-state index in [-0.39, 0.29) is 22.0 Å². The van der Waals surface area contributed by atoms with Crippen LogP contribution in [0.25, 0.3) is 0 Å². The van der Waals surface area contributed by atoms with E-state index in [0.29, 0.717) is 6.54 Å². The molecule has 1 saturated carbocycles. The van der Waals surface area contributed by atoms with E-state index in [2.05, 4.69) is 5.32 Å². The quantitative estimate of drug-likeness (QED) is 0.897. The molecule has 0 aliphatic heterocycles. The van der Waals surface area contributed by atoms with Crippen LogP contribution in [-0.2, 0) is 0 Å². The number of carbonyl (C=O) groups excluding carboxylic acids is 1. The number of nitrogens with one attached hydrogen (secondary N) is 1. The number of hydrogen-bond acceptors (Lipinski definition) is 2. The molecule has 104 valence electrons. The summed E-state index contributed by atoms with van der Waals surface area (Å²) in [6, 6.07) is 4.02. The first-order valence-electron chi connectivity index (χ1n) is 6.52. The normalized spacial score (nSPS) is 18.1. The summed E-state index contributed by atoms with van der Waals surface area (Å²) < 4.78 is 13.3. The van der Waals surface area contributed by atoms with Gasteiger partial charge in [0.15, 0.2) is 0 Å². The fraction of sp³-hybridized carbons (Fsp3) is 0.500. The Morgan fingerprint density at radius 3 is 2.68 bits per heavy atom. The van der Waals surface area contributed by atoms with Crippen LogP contribution >= 0.6 is 11.6 Å². The van der Waals surface area contributed by atoms with Crippen molar-refractivity contribution >= 4 is 17.5 Å². The van der Waals surface area contributed by atoms with Crippen LogP contribution in [0.3, 0.4) is 0 Å². The second-order valence-electron chi connectivity index (χ2n) is 5.23. The van der Waals surface area contributed by atoms with Gasteiger partial charge in [0.05, 0.1) is 5.02 Å². The molecule has 19 heavy (non-hydrogen) atoms. The predicted octanol–water partition coefficient (Wildman–Crippen LogP) is 2.87. The number of rotatable bonds is 3. The van der Waals surface area contributed by atoms with Gasteiger partial charge in [0, 0.05) is 17.6 Å². The molecule has 3 nitrogen and oxygen atoms in total. The molecule has 0 bridgehead atoms. The van der Waals surface area contributed by atoms with E-state index in [1.165, 1.54) is 18.6 Å². The Kier molecular flexibility index (Phi) is 4.42. The second-order valence-corrected chi connectivity index (χ2v) is 5.64. The predicted molar refractivity (Wildman–Crippen MR) is 73.7 cm³/mol. The van der Waals surface area contributed by atoms with Crippen LogP contribution in [0.15, 0.2) is 18.2 Å². The zero-order chi connectivity index (χ0) is 13.9. The van der Waals surface area contributed by atoms with Crippen LogP contribution in [0, 0.1) is 5.82 Å². The molecule has 0 atom stereocenters. The molecule has 3 N–H and O–H groups in total. The highest BCUT2D eigenvalue weighted by atomic mass is 35.5. The molecule has 1 aliphatic rings. The van der Waals surface area contributed by atoms with Crippen LogP contribution in [0.1, 0.15) is 42.5 Å². The van der Waals surface area contributed by atoms with Crippen LogP contribution in [0.2, 0.25) is 5.02 Å². The molecule has 0 aromatic heterocycles. The average molecular weight is 285 g/mol. The SMILES string of the molecule is NC1(CNC(=O)c2ccc(Cl)c(F)c2)CCCCC1. The van der Waals surface area contributed by atoms with Crippen molar-refractivity contribution in [3.63, 3.8) is 0 Å². The molecule has 1 aromatic carbocycles. The van der Waals surface area contributed by atoms with Crippen LogP contribution in [0.5, 0.6) is 0 Å². The Morgan fingerprint density at radius 1 is 1.37 bits per heavy atom. The first-order valence-corrected chi connectivity index (χ1v) is 6.90. The van der Waals surface area contributed by atoms with E-state index < -0.39 is 5.82 Å². The molecule has 1 amide bonds.